The Hall–Kier alpha value is -2.68. The molecular weight excluding hydrogens is 260 g/mol. The van der Waals surface area contributed by atoms with Gasteiger partial charge in [0.05, 0.1) is 11.2 Å². The minimum Gasteiger partial charge on any atom is -0.293 e. The molecule has 0 fully saturated rings. The first kappa shape index (κ1) is 13.3. The minimum absolute atomic E-state index is 0.00731. The van der Waals surface area contributed by atoms with Gasteiger partial charge in [-0.2, -0.15) is 5.10 Å². The van der Waals surface area contributed by atoms with Gasteiger partial charge >= 0.3 is 0 Å². The van der Waals surface area contributed by atoms with Gasteiger partial charge in [-0.25, -0.2) is 4.68 Å². The van der Waals surface area contributed by atoms with Crippen LogP contribution in [0.3, 0.4) is 0 Å². The average Bonchev–Trinajstić information content (AvgIpc) is 2.83. The molecule has 0 spiro atoms. The number of fused-ring (bicyclic) bond motifs is 1. The molecule has 0 radical (unpaired) electrons. The number of carbonyl (C=O) groups is 1. The van der Waals surface area contributed by atoms with E-state index in [1.807, 2.05) is 67.6 Å². The molecule has 1 heterocycles. The first-order valence-corrected chi connectivity index (χ1v) is 6.89. The van der Waals surface area contributed by atoms with Crippen molar-refractivity contribution in [2.24, 2.45) is 0 Å². The molecule has 0 N–H and O–H groups in total. The molecule has 3 rings (SSSR count). The van der Waals surface area contributed by atoms with E-state index in [1.54, 1.807) is 11.6 Å². The number of rotatable bonds is 3. The third kappa shape index (κ3) is 2.50. The van der Waals surface area contributed by atoms with Crippen molar-refractivity contribution >= 4 is 28.5 Å². The summed E-state index contributed by atoms with van der Waals surface area (Å²) in [4.78, 5) is 12.1. The summed E-state index contributed by atoms with van der Waals surface area (Å²) < 4.78 is 1.74. The lowest BCUT2D eigenvalue weighted by Gasteiger charge is -2.06. The van der Waals surface area contributed by atoms with Crippen LogP contribution in [0.25, 0.3) is 22.7 Å². The maximum Gasteiger partial charge on any atom is 0.178 e. The van der Waals surface area contributed by atoms with Gasteiger partial charge in [-0.3, -0.25) is 4.79 Å². The van der Waals surface area contributed by atoms with E-state index >= 15 is 0 Å². The van der Waals surface area contributed by atoms with Gasteiger partial charge in [0.1, 0.15) is 5.70 Å². The lowest BCUT2D eigenvalue weighted by molar-refractivity contribution is -0.112. The Labute approximate surface area is 123 Å². The van der Waals surface area contributed by atoms with E-state index in [9.17, 15) is 4.79 Å². The van der Waals surface area contributed by atoms with Gasteiger partial charge in [-0.05, 0) is 24.6 Å². The van der Waals surface area contributed by atoms with Crippen LogP contribution >= 0.6 is 0 Å². The SMILES string of the molecule is CC(=O)/C(=C/c1ccccc1)n1nc(C)c2ccccc21. The summed E-state index contributed by atoms with van der Waals surface area (Å²) in [6.07, 6.45) is 1.88. The van der Waals surface area contributed by atoms with E-state index < -0.39 is 0 Å². The molecule has 0 aliphatic rings. The number of hydrogen-bond acceptors (Lipinski definition) is 2. The second-order valence-corrected chi connectivity index (χ2v) is 5.01. The molecule has 21 heavy (non-hydrogen) atoms. The number of aryl methyl sites for hydroxylation is 1. The standard InChI is InChI=1S/C18H16N2O/c1-13-16-10-6-7-11-17(16)20(19-13)18(14(2)21)12-15-8-4-3-5-9-15/h3-12H,1-2H3/b18-12-. The van der Waals surface area contributed by atoms with Gasteiger partial charge in [0.15, 0.2) is 5.78 Å². The maximum absolute atomic E-state index is 12.1. The van der Waals surface area contributed by atoms with E-state index in [4.69, 9.17) is 0 Å². The summed E-state index contributed by atoms with van der Waals surface area (Å²) in [7, 11) is 0. The van der Waals surface area contributed by atoms with Gasteiger partial charge in [0.25, 0.3) is 0 Å². The molecule has 3 aromatic rings. The molecule has 2 aromatic carbocycles. The maximum atomic E-state index is 12.1. The Bertz CT molecular complexity index is 829. The second kappa shape index (κ2) is 5.37. The molecule has 0 amide bonds. The smallest absolute Gasteiger partial charge is 0.178 e. The lowest BCUT2D eigenvalue weighted by atomic mass is 10.1. The van der Waals surface area contributed by atoms with E-state index in [0.717, 1.165) is 22.2 Å². The highest BCUT2D eigenvalue weighted by molar-refractivity contribution is 6.19. The van der Waals surface area contributed by atoms with Gasteiger partial charge in [-0.15, -0.1) is 0 Å². The van der Waals surface area contributed by atoms with Crippen molar-refractivity contribution in [2.75, 3.05) is 0 Å². The molecule has 0 saturated carbocycles. The number of Topliss-reactive ketones (excluding diaryl/α,β-unsaturated/α-hetero) is 1. The molecule has 0 unspecified atom stereocenters. The Morgan fingerprint density at radius 1 is 1.05 bits per heavy atom. The van der Waals surface area contributed by atoms with Crippen molar-refractivity contribution < 1.29 is 4.79 Å². The Morgan fingerprint density at radius 3 is 2.43 bits per heavy atom. The monoisotopic (exact) mass is 276 g/mol. The van der Waals surface area contributed by atoms with Crippen molar-refractivity contribution in [2.45, 2.75) is 13.8 Å². The van der Waals surface area contributed by atoms with Crippen LogP contribution in [0, 0.1) is 6.92 Å². The first-order chi connectivity index (χ1) is 10.2. The van der Waals surface area contributed by atoms with Gasteiger partial charge in [0, 0.05) is 12.3 Å². The van der Waals surface area contributed by atoms with Gasteiger partial charge in [0.2, 0.25) is 0 Å². The van der Waals surface area contributed by atoms with Crippen molar-refractivity contribution in [1.29, 1.82) is 0 Å². The topological polar surface area (TPSA) is 34.9 Å². The van der Waals surface area contributed by atoms with Crippen LogP contribution in [-0.2, 0) is 4.79 Å². The summed E-state index contributed by atoms with van der Waals surface area (Å²) in [5.41, 5.74) is 3.43. The van der Waals surface area contributed by atoms with Crippen LogP contribution in [0.2, 0.25) is 0 Å². The highest BCUT2D eigenvalue weighted by atomic mass is 16.1. The number of nitrogens with zero attached hydrogens (tertiary/aromatic N) is 2. The van der Waals surface area contributed by atoms with Crippen molar-refractivity contribution in [3.8, 4) is 0 Å². The van der Waals surface area contributed by atoms with Crippen LogP contribution < -0.4 is 0 Å². The Balaban J connectivity index is 2.22. The Kier molecular flexibility index (Phi) is 3.40. The fraction of sp³-hybridized carbons (Fsp3) is 0.111. The van der Waals surface area contributed by atoms with E-state index in [0.29, 0.717) is 5.70 Å². The molecule has 1 aromatic heterocycles. The number of allylic oxidation sites excluding steroid dienone is 1. The molecule has 0 bridgehead atoms. The zero-order chi connectivity index (χ0) is 14.8. The summed E-state index contributed by atoms with van der Waals surface area (Å²) in [5.74, 6) is -0.00731. The van der Waals surface area contributed by atoms with Crippen molar-refractivity contribution in [3.05, 3.63) is 65.9 Å². The summed E-state index contributed by atoms with van der Waals surface area (Å²) in [5, 5.41) is 5.60. The molecule has 0 aliphatic carbocycles. The molecule has 3 heteroatoms. The van der Waals surface area contributed by atoms with Crippen molar-refractivity contribution in [1.82, 2.24) is 9.78 Å². The number of carbonyl (C=O) groups excluding carboxylic acids is 1. The number of para-hydroxylation sites is 1. The number of benzene rings is 2. The molecular formula is C18H16N2O. The van der Waals surface area contributed by atoms with E-state index in [1.165, 1.54) is 0 Å². The highest BCUT2D eigenvalue weighted by Gasteiger charge is 2.13. The number of ketones is 1. The Morgan fingerprint density at radius 2 is 1.71 bits per heavy atom. The fourth-order valence-electron chi connectivity index (χ4n) is 2.42. The van der Waals surface area contributed by atoms with Crippen molar-refractivity contribution in [3.63, 3.8) is 0 Å². The largest absolute Gasteiger partial charge is 0.293 e. The first-order valence-electron chi connectivity index (χ1n) is 6.89. The van der Waals surface area contributed by atoms with Crippen LogP contribution in [-0.4, -0.2) is 15.6 Å². The quantitative estimate of drug-likeness (QED) is 0.679. The van der Waals surface area contributed by atoms with E-state index in [2.05, 4.69) is 5.10 Å². The number of hydrogen-bond donors (Lipinski definition) is 0. The van der Waals surface area contributed by atoms with Crippen LogP contribution in [0.15, 0.2) is 54.6 Å². The molecule has 0 saturated heterocycles. The average molecular weight is 276 g/mol. The van der Waals surface area contributed by atoms with Gasteiger partial charge in [-0.1, -0.05) is 48.5 Å². The molecule has 0 aliphatic heterocycles. The second-order valence-electron chi connectivity index (χ2n) is 5.01. The van der Waals surface area contributed by atoms with Crippen LogP contribution in [0.1, 0.15) is 18.2 Å². The molecule has 3 nitrogen and oxygen atoms in total. The third-order valence-electron chi connectivity index (χ3n) is 3.46. The predicted molar refractivity (Wildman–Crippen MR) is 85.8 cm³/mol. The molecule has 0 atom stereocenters. The van der Waals surface area contributed by atoms with E-state index in [-0.39, 0.29) is 5.78 Å². The number of aromatic nitrogens is 2. The minimum atomic E-state index is -0.00731. The fourth-order valence-corrected chi connectivity index (χ4v) is 2.42. The normalized spacial score (nSPS) is 11.8. The summed E-state index contributed by atoms with van der Waals surface area (Å²) in [6.45, 7) is 3.53. The van der Waals surface area contributed by atoms with Crippen LogP contribution in [0.5, 0.6) is 0 Å². The zero-order valence-corrected chi connectivity index (χ0v) is 12.1. The summed E-state index contributed by atoms with van der Waals surface area (Å²) >= 11 is 0. The predicted octanol–water partition coefficient (Wildman–Crippen LogP) is 3.93. The van der Waals surface area contributed by atoms with Crippen LogP contribution in [0.4, 0.5) is 0 Å². The molecule has 104 valence electrons. The lowest BCUT2D eigenvalue weighted by Crippen LogP contribution is -2.07. The third-order valence-corrected chi connectivity index (χ3v) is 3.46. The zero-order valence-electron chi connectivity index (χ0n) is 12.1. The highest BCUT2D eigenvalue weighted by Crippen LogP contribution is 2.22. The van der Waals surface area contributed by atoms with Gasteiger partial charge < -0.3 is 0 Å². The summed E-state index contributed by atoms with van der Waals surface area (Å²) in [6, 6.07) is 17.8.